The van der Waals surface area contributed by atoms with Crippen LogP contribution < -0.4 is 10.5 Å². The number of benzene rings is 1. The van der Waals surface area contributed by atoms with E-state index in [2.05, 4.69) is 6.07 Å². The molecule has 13 heavy (non-hydrogen) atoms. The normalized spacial score (nSPS) is 19.7. The molecule has 0 saturated heterocycles. The minimum absolute atomic E-state index is 0.732. The average Bonchev–Trinajstić information content (AvgIpc) is 2.84. The first-order valence-electron chi connectivity index (χ1n) is 4.89. The number of anilines is 1. The highest BCUT2D eigenvalue weighted by atomic mass is 16.5. The van der Waals surface area contributed by atoms with E-state index < -0.39 is 0 Å². The van der Waals surface area contributed by atoms with E-state index in [1.54, 1.807) is 0 Å². The van der Waals surface area contributed by atoms with Gasteiger partial charge in [-0.2, -0.15) is 0 Å². The topological polar surface area (TPSA) is 35.2 Å². The minimum atomic E-state index is 0.732. The molecular weight excluding hydrogens is 162 g/mol. The first-order chi connectivity index (χ1) is 6.34. The fourth-order valence-corrected chi connectivity index (χ4v) is 2.06. The molecule has 0 radical (unpaired) electrons. The highest BCUT2D eigenvalue weighted by Crippen LogP contribution is 2.47. The van der Waals surface area contributed by atoms with E-state index in [4.69, 9.17) is 10.5 Å². The standard InChI is InChI=1S/C11H13NO/c12-9-5-8-3-4-13-11(8)10(6-9)7-1-2-7/h5-7H,1-4,12H2. The van der Waals surface area contributed by atoms with Gasteiger partial charge in [-0.25, -0.2) is 0 Å². The predicted molar refractivity (Wildman–Crippen MR) is 52.0 cm³/mol. The van der Waals surface area contributed by atoms with Gasteiger partial charge in [0, 0.05) is 12.1 Å². The van der Waals surface area contributed by atoms with E-state index in [9.17, 15) is 0 Å². The van der Waals surface area contributed by atoms with Crippen molar-refractivity contribution in [2.24, 2.45) is 0 Å². The molecule has 3 rings (SSSR count). The molecule has 1 aromatic carbocycles. The van der Waals surface area contributed by atoms with Crippen molar-refractivity contribution in [2.45, 2.75) is 25.2 Å². The van der Waals surface area contributed by atoms with Crippen LogP contribution in [-0.4, -0.2) is 6.61 Å². The Bertz CT molecular complexity index is 355. The molecular formula is C11H13NO. The smallest absolute Gasteiger partial charge is 0.126 e. The van der Waals surface area contributed by atoms with E-state index in [0.717, 1.165) is 30.4 Å². The van der Waals surface area contributed by atoms with Gasteiger partial charge in [-0.15, -0.1) is 0 Å². The van der Waals surface area contributed by atoms with Crippen LogP contribution in [0.3, 0.4) is 0 Å². The third-order valence-electron chi connectivity index (χ3n) is 2.85. The maximum atomic E-state index is 5.84. The molecule has 1 fully saturated rings. The molecule has 1 saturated carbocycles. The van der Waals surface area contributed by atoms with Crippen LogP contribution in [0.1, 0.15) is 29.9 Å². The summed E-state index contributed by atoms with van der Waals surface area (Å²) in [6.45, 7) is 0.832. The van der Waals surface area contributed by atoms with E-state index in [-0.39, 0.29) is 0 Å². The zero-order valence-electron chi connectivity index (χ0n) is 7.55. The van der Waals surface area contributed by atoms with Crippen molar-refractivity contribution in [1.29, 1.82) is 0 Å². The number of hydrogen-bond acceptors (Lipinski definition) is 2. The van der Waals surface area contributed by atoms with Crippen molar-refractivity contribution >= 4 is 5.69 Å². The summed E-state index contributed by atoms with van der Waals surface area (Å²) in [5.41, 5.74) is 9.40. The van der Waals surface area contributed by atoms with Crippen molar-refractivity contribution in [3.8, 4) is 5.75 Å². The Morgan fingerprint density at radius 2 is 2.15 bits per heavy atom. The Labute approximate surface area is 77.7 Å². The van der Waals surface area contributed by atoms with Crippen molar-refractivity contribution in [3.63, 3.8) is 0 Å². The number of fused-ring (bicyclic) bond motifs is 1. The van der Waals surface area contributed by atoms with Crippen molar-refractivity contribution in [1.82, 2.24) is 0 Å². The molecule has 0 unspecified atom stereocenters. The molecule has 2 N–H and O–H groups in total. The lowest BCUT2D eigenvalue weighted by Gasteiger charge is -2.07. The molecule has 0 spiro atoms. The van der Waals surface area contributed by atoms with Gasteiger partial charge >= 0.3 is 0 Å². The van der Waals surface area contributed by atoms with Crippen molar-refractivity contribution in [2.75, 3.05) is 12.3 Å². The maximum Gasteiger partial charge on any atom is 0.126 e. The summed E-state index contributed by atoms with van der Waals surface area (Å²) >= 11 is 0. The molecule has 0 atom stereocenters. The first-order valence-corrected chi connectivity index (χ1v) is 4.89. The summed E-state index contributed by atoms with van der Waals surface area (Å²) in [6, 6.07) is 4.13. The fourth-order valence-electron chi connectivity index (χ4n) is 2.06. The molecule has 1 aliphatic carbocycles. The molecule has 68 valence electrons. The quantitative estimate of drug-likeness (QED) is 0.663. The highest BCUT2D eigenvalue weighted by Gasteiger charge is 2.30. The summed E-state index contributed by atoms with van der Waals surface area (Å²) in [7, 11) is 0. The number of hydrogen-bond donors (Lipinski definition) is 1. The first kappa shape index (κ1) is 7.25. The van der Waals surface area contributed by atoms with Crippen LogP contribution in [-0.2, 0) is 6.42 Å². The van der Waals surface area contributed by atoms with Crippen LogP contribution in [0.2, 0.25) is 0 Å². The lowest BCUT2D eigenvalue weighted by atomic mass is 10.0. The summed E-state index contributed by atoms with van der Waals surface area (Å²) < 4.78 is 5.63. The Hall–Kier alpha value is -1.18. The number of ether oxygens (including phenoxy) is 1. The summed E-state index contributed by atoms with van der Waals surface area (Å²) in [5, 5.41) is 0. The van der Waals surface area contributed by atoms with Crippen LogP contribution in [0.4, 0.5) is 5.69 Å². The van der Waals surface area contributed by atoms with Crippen molar-refractivity contribution in [3.05, 3.63) is 23.3 Å². The van der Waals surface area contributed by atoms with Gasteiger partial charge in [0.25, 0.3) is 0 Å². The molecule has 1 aromatic rings. The SMILES string of the molecule is Nc1cc2c(c(C3CC3)c1)OCC2. The lowest BCUT2D eigenvalue weighted by molar-refractivity contribution is 0.353. The Morgan fingerprint density at radius 3 is 2.92 bits per heavy atom. The van der Waals surface area contributed by atoms with Crippen LogP contribution in [0.5, 0.6) is 5.75 Å². The molecule has 2 heteroatoms. The predicted octanol–water partition coefficient (Wildman–Crippen LogP) is 2.08. The monoisotopic (exact) mass is 175 g/mol. The third kappa shape index (κ3) is 1.09. The van der Waals surface area contributed by atoms with Crippen LogP contribution in [0.25, 0.3) is 0 Å². The van der Waals surface area contributed by atoms with Crippen molar-refractivity contribution < 1.29 is 4.74 Å². The van der Waals surface area contributed by atoms with Crippen LogP contribution in [0.15, 0.2) is 12.1 Å². The van der Waals surface area contributed by atoms with E-state index in [1.807, 2.05) is 6.07 Å². The second-order valence-electron chi connectivity index (χ2n) is 3.97. The minimum Gasteiger partial charge on any atom is -0.493 e. The van der Waals surface area contributed by atoms with E-state index in [1.165, 1.54) is 24.0 Å². The van der Waals surface area contributed by atoms with Gasteiger partial charge in [0.1, 0.15) is 5.75 Å². The van der Waals surface area contributed by atoms with Gasteiger partial charge in [0.15, 0.2) is 0 Å². The molecule has 1 aliphatic heterocycles. The fraction of sp³-hybridized carbons (Fsp3) is 0.455. The van der Waals surface area contributed by atoms with Crippen LogP contribution in [0, 0.1) is 0 Å². The number of nitrogens with two attached hydrogens (primary N) is 1. The van der Waals surface area contributed by atoms with Gasteiger partial charge < -0.3 is 10.5 Å². The summed E-state index contributed by atoms with van der Waals surface area (Å²) in [6.07, 6.45) is 3.64. The summed E-state index contributed by atoms with van der Waals surface area (Å²) in [5.74, 6) is 1.87. The largest absolute Gasteiger partial charge is 0.493 e. The van der Waals surface area contributed by atoms with Gasteiger partial charge in [-0.3, -0.25) is 0 Å². The van der Waals surface area contributed by atoms with E-state index in [0.29, 0.717) is 0 Å². The molecule has 2 nitrogen and oxygen atoms in total. The molecule has 0 aromatic heterocycles. The average molecular weight is 175 g/mol. The zero-order chi connectivity index (χ0) is 8.84. The highest BCUT2D eigenvalue weighted by molar-refractivity contribution is 5.56. The summed E-state index contributed by atoms with van der Waals surface area (Å²) in [4.78, 5) is 0. The van der Waals surface area contributed by atoms with Gasteiger partial charge in [-0.05, 0) is 42.0 Å². The van der Waals surface area contributed by atoms with Gasteiger partial charge in [0.2, 0.25) is 0 Å². The molecule has 0 bridgehead atoms. The molecule has 0 amide bonds. The lowest BCUT2D eigenvalue weighted by Crippen LogP contribution is -1.92. The third-order valence-corrected chi connectivity index (χ3v) is 2.85. The Balaban J connectivity index is 2.16. The zero-order valence-corrected chi connectivity index (χ0v) is 7.55. The number of nitrogen functional groups attached to an aromatic ring is 1. The molecule has 1 heterocycles. The molecule has 2 aliphatic rings. The van der Waals surface area contributed by atoms with Gasteiger partial charge in [-0.1, -0.05) is 0 Å². The second kappa shape index (κ2) is 2.41. The second-order valence-corrected chi connectivity index (χ2v) is 3.97. The number of rotatable bonds is 1. The maximum absolute atomic E-state index is 5.84. The Kier molecular flexibility index (Phi) is 1.34. The van der Waals surface area contributed by atoms with E-state index >= 15 is 0 Å². The van der Waals surface area contributed by atoms with Gasteiger partial charge in [0.05, 0.1) is 6.61 Å². The Morgan fingerprint density at radius 1 is 1.31 bits per heavy atom. The van der Waals surface area contributed by atoms with Crippen LogP contribution >= 0.6 is 0 Å².